The van der Waals surface area contributed by atoms with Crippen molar-refractivity contribution in [3.8, 4) is 11.5 Å². The second-order valence-corrected chi connectivity index (χ2v) is 8.24. The molecule has 2 aromatic carbocycles. The lowest BCUT2D eigenvalue weighted by Crippen LogP contribution is -2.26. The Morgan fingerprint density at radius 3 is 2.61 bits per heavy atom. The van der Waals surface area contributed by atoms with Gasteiger partial charge in [-0.15, -0.1) is 11.3 Å². The van der Waals surface area contributed by atoms with Gasteiger partial charge in [0.25, 0.3) is 5.91 Å². The standard InChI is InChI=1S/C25H24N2O5S/c1-3-31-24(28)16-32-20-7-4-6-18(14-20)22-15-21(17-9-11-19(30-2)12-10-17)26-27(22)25(29)23-8-5-13-33-23/h4-14,22H,3,15-16H2,1-2H3/t22-/m0/s1. The number of carbonyl (C=O) groups is 2. The number of methoxy groups -OCH3 is 1. The van der Waals surface area contributed by atoms with Crippen LogP contribution in [0.4, 0.5) is 0 Å². The number of esters is 1. The third-order valence-electron chi connectivity index (χ3n) is 5.18. The Bertz CT molecular complexity index is 1140. The summed E-state index contributed by atoms with van der Waals surface area (Å²) < 4.78 is 15.8. The second-order valence-electron chi connectivity index (χ2n) is 7.29. The lowest BCUT2D eigenvalue weighted by atomic mass is 9.98. The summed E-state index contributed by atoms with van der Waals surface area (Å²) in [7, 11) is 1.62. The van der Waals surface area contributed by atoms with Crippen LogP contribution in [0.5, 0.6) is 11.5 Å². The first-order chi connectivity index (χ1) is 16.1. The van der Waals surface area contributed by atoms with Crippen molar-refractivity contribution in [1.82, 2.24) is 5.01 Å². The van der Waals surface area contributed by atoms with E-state index in [4.69, 9.17) is 19.3 Å². The number of hydrogen-bond acceptors (Lipinski definition) is 7. The molecule has 0 N–H and O–H groups in total. The summed E-state index contributed by atoms with van der Waals surface area (Å²) in [6, 6.07) is 18.4. The number of hydrazone groups is 1. The fourth-order valence-corrected chi connectivity index (χ4v) is 4.24. The maximum atomic E-state index is 13.3. The van der Waals surface area contributed by atoms with Gasteiger partial charge in [-0.05, 0) is 65.9 Å². The van der Waals surface area contributed by atoms with Crippen LogP contribution in [0.2, 0.25) is 0 Å². The largest absolute Gasteiger partial charge is 0.497 e. The number of rotatable bonds is 8. The average Bonchev–Trinajstić information content (AvgIpc) is 3.54. The number of thiophene rings is 1. The van der Waals surface area contributed by atoms with Crippen LogP contribution in [0.15, 0.2) is 71.1 Å². The molecular formula is C25H24N2O5S. The molecule has 2 heterocycles. The maximum Gasteiger partial charge on any atom is 0.344 e. The summed E-state index contributed by atoms with van der Waals surface area (Å²) in [5.41, 5.74) is 2.61. The zero-order valence-corrected chi connectivity index (χ0v) is 19.2. The third-order valence-corrected chi connectivity index (χ3v) is 6.04. The molecule has 170 valence electrons. The van der Waals surface area contributed by atoms with Crippen LogP contribution in [0, 0.1) is 0 Å². The van der Waals surface area contributed by atoms with Crippen molar-refractivity contribution in [3.63, 3.8) is 0 Å². The molecule has 1 atom stereocenters. The van der Waals surface area contributed by atoms with Crippen LogP contribution in [-0.4, -0.2) is 42.9 Å². The van der Waals surface area contributed by atoms with Gasteiger partial charge >= 0.3 is 5.97 Å². The topological polar surface area (TPSA) is 77.4 Å². The first-order valence-electron chi connectivity index (χ1n) is 10.6. The number of ether oxygens (including phenoxy) is 3. The average molecular weight is 465 g/mol. The molecule has 33 heavy (non-hydrogen) atoms. The number of carbonyl (C=O) groups excluding carboxylic acids is 2. The second kappa shape index (κ2) is 10.3. The highest BCUT2D eigenvalue weighted by Gasteiger charge is 2.34. The van der Waals surface area contributed by atoms with E-state index < -0.39 is 5.97 Å². The minimum absolute atomic E-state index is 0.156. The predicted molar refractivity (Wildman–Crippen MR) is 126 cm³/mol. The highest BCUT2D eigenvalue weighted by atomic mass is 32.1. The van der Waals surface area contributed by atoms with E-state index in [1.807, 2.05) is 53.9 Å². The number of nitrogens with zero attached hydrogens (tertiary/aromatic N) is 2. The molecule has 1 aliphatic rings. The summed E-state index contributed by atoms with van der Waals surface area (Å²) in [5, 5.41) is 8.12. The fourth-order valence-electron chi connectivity index (χ4n) is 3.58. The summed E-state index contributed by atoms with van der Waals surface area (Å²) in [6.45, 7) is 1.88. The van der Waals surface area contributed by atoms with Gasteiger partial charge in [0, 0.05) is 6.42 Å². The van der Waals surface area contributed by atoms with Gasteiger partial charge < -0.3 is 14.2 Å². The lowest BCUT2D eigenvalue weighted by Gasteiger charge is -2.22. The van der Waals surface area contributed by atoms with Crippen molar-refractivity contribution >= 4 is 28.9 Å². The quantitative estimate of drug-likeness (QED) is 0.452. The van der Waals surface area contributed by atoms with E-state index in [2.05, 4.69) is 0 Å². The molecule has 1 aromatic heterocycles. The molecule has 0 spiro atoms. The van der Waals surface area contributed by atoms with Crippen LogP contribution >= 0.6 is 11.3 Å². The Labute approximate surface area is 196 Å². The van der Waals surface area contributed by atoms with Crippen molar-refractivity contribution in [1.29, 1.82) is 0 Å². The summed E-state index contributed by atoms with van der Waals surface area (Å²) >= 11 is 1.38. The molecule has 1 amide bonds. The fraction of sp³-hybridized carbons (Fsp3) is 0.240. The highest BCUT2D eigenvalue weighted by Crippen LogP contribution is 2.36. The number of benzene rings is 2. The molecule has 7 nitrogen and oxygen atoms in total. The predicted octanol–water partition coefficient (Wildman–Crippen LogP) is 4.69. The zero-order chi connectivity index (χ0) is 23.2. The molecule has 1 aliphatic heterocycles. The van der Waals surface area contributed by atoms with Gasteiger partial charge in [-0.25, -0.2) is 9.80 Å². The molecule has 8 heteroatoms. The number of amides is 1. The molecule has 0 unspecified atom stereocenters. The first kappa shape index (κ1) is 22.5. The van der Waals surface area contributed by atoms with Crippen LogP contribution < -0.4 is 9.47 Å². The van der Waals surface area contributed by atoms with Crippen molar-refractivity contribution in [3.05, 3.63) is 82.0 Å². The van der Waals surface area contributed by atoms with Gasteiger partial charge in [0.1, 0.15) is 11.5 Å². The van der Waals surface area contributed by atoms with E-state index >= 15 is 0 Å². The maximum absolute atomic E-state index is 13.3. The van der Waals surface area contributed by atoms with E-state index in [1.54, 1.807) is 26.2 Å². The Kier molecular flexibility index (Phi) is 7.04. The molecule has 0 fully saturated rings. The van der Waals surface area contributed by atoms with E-state index in [-0.39, 0.29) is 18.6 Å². The summed E-state index contributed by atoms with van der Waals surface area (Å²) in [4.78, 5) is 25.5. The summed E-state index contributed by atoms with van der Waals surface area (Å²) in [5.74, 6) is 0.702. The Balaban J connectivity index is 1.61. The molecule has 0 aliphatic carbocycles. The van der Waals surface area contributed by atoms with Crippen LogP contribution in [0.25, 0.3) is 0 Å². The van der Waals surface area contributed by atoms with Crippen molar-refractivity contribution in [2.45, 2.75) is 19.4 Å². The van der Waals surface area contributed by atoms with Gasteiger partial charge in [0.15, 0.2) is 6.61 Å². The van der Waals surface area contributed by atoms with Crippen molar-refractivity contribution in [2.24, 2.45) is 5.10 Å². The van der Waals surface area contributed by atoms with Crippen LogP contribution in [0.1, 0.15) is 40.2 Å². The molecule has 0 saturated carbocycles. The molecule has 0 bridgehead atoms. The van der Waals surface area contributed by atoms with Gasteiger partial charge in [0.2, 0.25) is 0 Å². The number of hydrogen-bond donors (Lipinski definition) is 0. The van der Waals surface area contributed by atoms with Gasteiger partial charge in [-0.2, -0.15) is 5.10 Å². The van der Waals surface area contributed by atoms with Gasteiger partial charge in [-0.1, -0.05) is 18.2 Å². The molecule has 3 aromatic rings. The summed E-state index contributed by atoms with van der Waals surface area (Å²) in [6.07, 6.45) is 0.546. The first-order valence-corrected chi connectivity index (χ1v) is 11.4. The highest BCUT2D eigenvalue weighted by molar-refractivity contribution is 7.12. The molecule has 0 saturated heterocycles. The Morgan fingerprint density at radius 1 is 1.09 bits per heavy atom. The monoisotopic (exact) mass is 464 g/mol. The van der Waals surface area contributed by atoms with Crippen LogP contribution in [-0.2, 0) is 9.53 Å². The molecular weight excluding hydrogens is 440 g/mol. The van der Waals surface area contributed by atoms with Crippen LogP contribution in [0.3, 0.4) is 0 Å². The van der Waals surface area contributed by atoms with Crippen molar-refractivity contribution < 1.29 is 23.8 Å². The molecule has 4 rings (SSSR count). The van der Waals surface area contributed by atoms with E-state index in [1.165, 1.54) is 16.3 Å². The minimum Gasteiger partial charge on any atom is -0.497 e. The normalized spacial score (nSPS) is 15.2. The Morgan fingerprint density at radius 2 is 1.91 bits per heavy atom. The van der Waals surface area contributed by atoms with Crippen molar-refractivity contribution in [2.75, 3.05) is 20.3 Å². The Hall–Kier alpha value is -3.65. The van der Waals surface area contributed by atoms with E-state index in [9.17, 15) is 9.59 Å². The van der Waals surface area contributed by atoms with Gasteiger partial charge in [0.05, 0.1) is 30.3 Å². The van der Waals surface area contributed by atoms with E-state index in [0.717, 1.165) is 22.6 Å². The third kappa shape index (κ3) is 5.23. The lowest BCUT2D eigenvalue weighted by molar-refractivity contribution is -0.145. The minimum atomic E-state index is -0.427. The SMILES string of the molecule is CCOC(=O)COc1cccc([C@@H]2CC(c3ccc(OC)cc3)=NN2C(=O)c2cccs2)c1. The smallest absolute Gasteiger partial charge is 0.344 e. The molecule has 0 radical (unpaired) electrons. The van der Waals surface area contributed by atoms with E-state index in [0.29, 0.717) is 23.7 Å². The zero-order valence-electron chi connectivity index (χ0n) is 18.4. The van der Waals surface area contributed by atoms with Gasteiger partial charge in [-0.3, -0.25) is 4.79 Å².